The number of aryl methyl sites for hydroxylation is 2. The third kappa shape index (κ3) is 5.11. The summed E-state index contributed by atoms with van der Waals surface area (Å²) in [5, 5.41) is 2.76. The van der Waals surface area contributed by atoms with Gasteiger partial charge in [-0.05, 0) is 66.3 Å². The van der Waals surface area contributed by atoms with E-state index in [0.29, 0.717) is 28.5 Å². The van der Waals surface area contributed by atoms with Crippen LogP contribution >= 0.6 is 0 Å². The maximum atomic E-state index is 12.1. The first-order chi connectivity index (χ1) is 14.5. The second-order valence-electron chi connectivity index (χ2n) is 6.78. The Balaban J connectivity index is 1.55. The van der Waals surface area contributed by atoms with Gasteiger partial charge in [-0.3, -0.25) is 4.79 Å². The van der Waals surface area contributed by atoms with E-state index in [1.54, 1.807) is 18.2 Å². The number of rotatable bonds is 8. The monoisotopic (exact) mass is 411 g/mol. The molecule has 0 radical (unpaired) electrons. The first kappa shape index (κ1) is 21.2. The molecule has 7 heteroatoms. The van der Waals surface area contributed by atoms with Gasteiger partial charge >= 0.3 is 5.97 Å². The molecule has 0 heterocycles. The van der Waals surface area contributed by atoms with Crippen LogP contribution in [0.15, 0.2) is 36.4 Å². The van der Waals surface area contributed by atoms with Gasteiger partial charge in [0.2, 0.25) is 5.75 Å². The van der Waals surface area contributed by atoms with Crippen molar-refractivity contribution in [3.8, 4) is 17.2 Å². The van der Waals surface area contributed by atoms with E-state index in [0.717, 1.165) is 19.3 Å². The van der Waals surface area contributed by atoms with Gasteiger partial charge in [0.05, 0.1) is 21.3 Å². The van der Waals surface area contributed by atoms with Crippen molar-refractivity contribution in [2.45, 2.75) is 19.3 Å². The average molecular weight is 411 g/mol. The van der Waals surface area contributed by atoms with Gasteiger partial charge in [-0.15, -0.1) is 0 Å². The zero-order valence-corrected chi connectivity index (χ0v) is 17.3. The minimum Gasteiger partial charge on any atom is -0.493 e. The van der Waals surface area contributed by atoms with Gasteiger partial charge in [0, 0.05) is 11.8 Å². The van der Waals surface area contributed by atoms with Crippen molar-refractivity contribution in [3.05, 3.63) is 53.1 Å². The summed E-state index contributed by atoms with van der Waals surface area (Å²) in [6, 6.07) is 9.28. The Bertz CT molecular complexity index is 941. The molecule has 30 heavy (non-hydrogen) atoms. The van der Waals surface area contributed by atoms with E-state index in [4.69, 9.17) is 18.9 Å². The number of esters is 1. The zero-order valence-electron chi connectivity index (χ0n) is 17.3. The van der Waals surface area contributed by atoms with Crippen molar-refractivity contribution in [3.63, 3.8) is 0 Å². The summed E-state index contributed by atoms with van der Waals surface area (Å²) in [4.78, 5) is 24.1. The van der Waals surface area contributed by atoms with Crippen molar-refractivity contribution < 1.29 is 28.5 Å². The molecule has 0 spiro atoms. The Morgan fingerprint density at radius 2 is 1.67 bits per heavy atom. The van der Waals surface area contributed by atoms with Crippen molar-refractivity contribution in [2.75, 3.05) is 33.3 Å². The average Bonchev–Trinajstić information content (AvgIpc) is 3.23. The number of methoxy groups -OCH3 is 3. The number of benzene rings is 2. The summed E-state index contributed by atoms with van der Waals surface area (Å²) in [6.45, 7) is -0.366. The number of ether oxygens (including phenoxy) is 4. The van der Waals surface area contributed by atoms with E-state index < -0.39 is 5.97 Å². The van der Waals surface area contributed by atoms with Crippen LogP contribution in [0.5, 0.6) is 17.2 Å². The van der Waals surface area contributed by atoms with Crippen LogP contribution in [0.25, 0.3) is 6.08 Å². The quantitative estimate of drug-likeness (QED) is 0.530. The Hall–Kier alpha value is -3.48. The van der Waals surface area contributed by atoms with Crippen molar-refractivity contribution >= 4 is 23.6 Å². The number of hydrogen-bond donors (Lipinski definition) is 1. The summed E-state index contributed by atoms with van der Waals surface area (Å²) in [5.74, 6) is 0.385. The van der Waals surface area contributed by atoms with Crippen LogP contribution in [0.2, 0.25) is 0 Å². The molecule has 0 aromatic heterocycles. The molecule has 1 aliphatic carbocycles. The maximum Gasteiger partial charge on any atom is 0.331 e. The van der Waals surface area contributed by atoms with E-state index in [1.165, 1.54) is 38.5 Å². The summed E-state index contributed by atoms with van der Waals surface area (Å²) in [7, 11) is 4.54. The van der Waals surface area contributed by atoms with Crippen LogP contribution in [0, 0.1) is 0 Å². The fourth-order valence-corrected chi connectivity index (χ4v) is 3.39. The van der Waals surface area contributed by atoms with Crippen molar-refractivity contribution in [1.29, 1.82) is 0 Å². The van der Waals surface area contributed by atoms with E-state index in [9.17, 15) is 9.59 Å². The lowest BCUT2D eigenvalue weighted by Gasteiger charge is -2.12. The maximum absolute atomic E-state index is 12.1. The highest BCUT2D eigenvalue weighted by molar-refractivity contribution is 5.94. The predicted molar refractivity (Wildman–Crippen MR) is 113 cm³/mol. The van der Waals surface area contributed by atoms with Gasteiger partial charge in [0.25, 0.3) is 5.91 Å². The molecule has 0 saturated carbocycles. The summed E-state index contributed by atoms with van der Waals surface area (Å²) < 4.78 is 20.9. The number of anilines is 1. The molecule has 3 rings (SSSR count). The summed E-state index contributed by atoms with van der Waals surface area (Å²) >= 11 is 0. The van der Waals surface area contributed by atoms with E-state index in [-0.39, 0.29) is 12.5 Å². The highest BCUT2D eigenvalue weighted by atomic mass is 16.5. The van der Waals surface area contributed by atoms with Crippen molar-refractivity contribution in [2.24, 2.45) is 0 Å². The standard InChI is InChI=1S/C23H25NO6/c1-27-19-11-15(12-20(28-2)23(19)29-3)7-10-22(26)30-14-21(25)24-18-9-8-16-5-4-6-17(16)13-18/h7-13H,4-6,14H2,1-3H3,(H,24,25)/b10-7+. The Morgan fingerprint density at radius 3 is 2.33 bits per heavy atom. The fourth-order valence-electron chi connectivity index (χ4n) is 3.39. The van der Waals surface area contributed by atoms with Crippen LogP contribution < -0.4 is 19.5 Å². The van der Waals surface area contributed by atoms with E-state index in [1.807, 2.05) is 18.2 Å². The minimum absolute atomic E-state index is 0.366. The highest BCUT2D eigenvalue weighted by Gasteiger charge is 2.14. The third-order valence-electron chi connectivity index (χ3n) is 4.83. The van der Waals surface area contributed by atoms with E-state index in [2.05, 4.69) is 5.32 Å². The zero-order chi connectivity index (χ0) is 21.5. The molecular weight excluding hydrogens is 386 g/mol. The number of carbonyl (C=O) groups is 2. The van der Waals surface area contributed by atoms with Crippen molar-refractivity contribution in [1.82, 2.24) is 0 Å². The molecule has 2 aromatic carbocycles. The van der Waals surface area contributed by atoms with Gasteiger partial charge in [-0.1, -0.05) is 6.07 Å². The third-order valence-corrected chi connectivity index (χ3v) is 4.83. The van der Waals surface area contributed by atoms with Gasteiger partial charge in [-0.2, -0.15) is 0 Å². The summed E-state index contributed by atoms with van der Waals surface area (Å²) in [6.07, 6.45) is 6.04. The molecule has 0 fully saturated rings. The smallest absolute Gasteiger partial charge is 0.331 e. The topological polar surface area (TPSA) is 83.1 Å². The molecule has 2 aromatic rings. The van der Waals surface area contributed by atoms with E-state index >= 15 is 0 Å². The van der Waals surface area contributed by atoms with Gasteiger partial charge in [0.1, 0.15) is 0 Å². The number of fused-ring (bicyclic) bond motifs is 1. The first-order valence-corrected chi connectivity index (χ1v) is 9.60. The lowest BCUT2D eigenvalue weighted by molar-refractivity contribution is -0.142. The van der Waals surface area contributed by atoms with Gasteiger partial charge < -0.3 is 24.3 Å². The molecule has 0 bridgehead atoms. The second-order valence-corrected chi connectivity index (χ2v) is 6.78. The Morgan fingerprint density at radius 1 is 0.967 bits per heavy atom. The SMILES string of the molecule is COc1cc(/C=C/C(=O)OCC(=O)Nc2ccc3c(c2)CCC3)cc(OC)c1OC. The van der Waals surface area contributed by atoms with Gasteiger partial charge in [0.15, 0.2) is 18.1 Å². The minimum atomic E-state index is -0.632. The normalized spacial score (nSPS) is 12.4. The highest BCUT2D eigenvalue weighted by Crippen LogP contribution is 2.38. The molecule has 0 atom stereocenters. The largest absolute Gasteiger partial charge is 0.493 e. The van der Waals surface area contributed by atoms with Crippen LogP contribution in [-0.2, 0) is 27.2 Å². The molecule has 0 aliphatic heterocycles. The fraction of sp³-hybridized carbons (Fsp3) is 0.304. The number of carbonyl (C=O) groups excluding carboxylic acids is 2. The first-order valence-electron chi connectivity index (χ1n) is 9.60. The van der Waals surface area contributed by atoms with Gasteiger partial charge in [-0.25, -0.2) is 4.79 Å². The van der Waals surface area contributed by atoms with Crippen LogP contribution in [0.4, 0.5) is 5.69 Å². The van der Waals surface area contributed by atoms with Crippen LogP contribution in [0.3, 0.4) is 0 Å². The molecule has 0 unspecified atom stereocenters. The molecule has 158 valence electrons. The molecule has 0 saturated heterocycles. The molecule has 1 amide bonds. The van der Waals surface area contributed by atoms with Crippen LogP contribution in [0.1, 0.15) is 23.1 Å². The Labute approximate surface area is 175 Å². The lowest BCUT2D eigenvalue weighted by Crippen LogP contribution is -2.20. The predicted octanol–water partition coefficient (Wildman–Crippen LogP) is 3.40. The summed E-state index contributed by atoms with van der Waals surface area (Å²) in [5.41, 5.74) is 3.96. The molecule has 7 nitrogen and oxygen atoms in total. The molecule has 1 N–H and O–H groups in total. The number of hydrogen-bond acceptors (Lipinski definition) is 6. The van der Waals surface area contributed by atoms with Crippen LogP contribution in [-0.4, -0.2) is 39.8 Å². The second kappa shape index (κ2) is 9.82. The Kier molecular flexibility index (Phi) is 6.95. The number of nitrogens with one attached hydrogen (secondary N) is 1. The molecule has 1 aliphatic rings. The number of amides is 1. The lowest BCUT2D eigenvalue weighted by atomic mass is 10.1. The molecular formula is C23H25NO6.